The molecule has 1 aliphatic heterocycles. The highest BCUT2D eigenvalue weighted by molar-refractivity contribution is 7.81. The lowest BCUT2D eigenvalue weighted by Gasteiger charge is -2.28. The maximum Gasteiger partial charge on any atom is 0.538 e. The van der Waals surface area contributed by atoms with E-state index in [2.05, 4.69) is 8.37 Å². The van der Waals surface area contributed by atoms with Crippen LogP contribution in [0.5, 0.6) is 0 Å². The molecule has 2 amide bonds. The molecule has 2 fully saturated rings. The molecule has 0 aromatic rings. The number of carbonyl (C=O) groups is 2. The molecule has 1 saturated carbocycles. The lowest BCUT2D eigenvalue weighted by atomic mass is 9.83. The van der Waals surface area contributed by atoms with E-state index in [4.69, 9.17) is 0 Å². The largest absolute Gasteiger partial charge is 0.538 e. The Balaban J connectivity index is 1.91. The molecule has 0 aromatic heterocycles. The Labute approximate surface area is 116 Å². The van der Waals surface area contributed by atoms with E-state index in [1.165, 1.54) is 12.2 Å². The highest BCUT2D eigenvalue weighted by Crippen LogP contribution is 2.55. The second-order valence-corrected chi connectivity index (χ2v) is 6.21. The minimum Gasteiger partial charge on any atom is -0.296 e. The Morgan fingerprint density at radius 1 is 1.29 bits per heavy atom. The molecule has 21 heavy (non-hydrogen) atoms. The number of halogens is 3. The van der Waals surface area contributed by atoms with Crippen molar-refractivity contribution in [2.45, 2.75) is 18.4 Å². The fraction of sp³-hybridized carbons (Fsp3) is 0.600. The molecule has 7 nitrogen and oxygen atoms in total. The third-order valence-corrected chi connectivity index (χ3v) is 4.72. The van der Waals surface area contributed by atoms with Crippen molar-refractivity contribution in [3.05, 3.63) is 12.2 Å². The van der Waals surface area contributed by atoms with E-state index >= 15 is 0 Å². The maximum absolute atomic E-state index is 12.0. The van der Waals surface area contributed by atoms with Gasteiger partial charge in [0.2, 0.25) is 11.8 Å². The fourth-order valence-electron chi connectivity index (χ4n) is 3.27. The van der Waals surface area contributed by atoms with Gasteiger partial charge in [-0.1, -0.05) is 12.2 Å². The van der Waals surface area contributed by atoms with Gasteiger partial charge in [-0.2, -0.15) is 8.42 Å². The van der Waals surface area contributed by atoms with Gasteiger partial charge in [-0.15, -0.1) is 17.4 Å². The summed E-state index contributed by atoms with van der Waals surface area (Å²) in [6.45, 7) is 0. The van der Waals surface area contributed by atoms with Crippen LogP contribution in [0.1, 0.15) is 6.42 Å². The van der Waals surface area contributed by atoms with Crippen LogP contribution in [-0.2, 0) is 28.4 Å². The van der Waals surface area contributed by atoms with Crippen molar-refractivity contribution in [1.29, 1.82) is 0 Å². The van der Waals surface area contributed by atoms with E-state index in [0.29, 0.717) is 0 Å². The van der Waals surface area contributed by atoms with Crippen LogP contribution in [-0.4, -0.2) is 32.2 Å². The number of hydrogen-bond donors (Lipinski definition) is 1. The molecule has 1 saturated heterocycles. The Morgan fingerprint density at radius 3 is 2.57 bits per heavy atom. The van der Waals surface area contributed by atoms with Crippen LogP contribution in [0, 0.1) is 17.8 Å². The van der Waals surface area contributed by atoms with Crippen LogP contribution >= 0.6 is 0 Å². The molecular formula is C10H8F3NO6S. The van der Waals surface area contributed by atoms with Crippen LogP contribution in [0.25, 0.3) is 0 Å². The van der Waals surface area contributed by atoms with Gasteiger partial charge < -0.3 is 0 Å². The van der Waals surface area contributed by atoms with Gasteiger partial charge in [0.1, 0.15) is 5.60 Å². The summed E-state index contributed by atoms with van der Waals surface area (Å²) in [6.07, 6.45) is -2.85. The molecular weight excluding hydrogens is 319 g/mol. The summed E-state index contributed by atoms with van der Waals surface area (Å²) in [7, 11) is -5.41. The van der Waals surface area contributed by atoms with Gasteiger partial charge >= 0.3 is 16.8 Å². The van der Waals surface area contributed by atoms with Crippen LogP contribution < -0.4 is 5.32 Å². The number of amides is 2. The first-order chi connectivity index (χ1) is 9.53. The van der Waals surface area contributed by atoms with Crippen molar-refractivity contribution < 1.29 is 39.5 Å². The Morgan fingerprint density at radius 2 is 1.95 bits per heavy atom. The first-order valence-corrected chi connectivity index (χ1v) is 7.13. The van der Waals surface area contributed by atoms with Crippen LogP contribution in [0.2, 0.25) is 0 Å². The average Bonchev–Trinajstić information content (AvgIpc) is 2.85. The number of nitrogens with one attached hydrogen (secondary N) is 1. The molecule has 2 aliphatic carbocycles. The number of hydrogen-bond acceptors (Lipinski definition) is 6. The lowest BCUT2D eigenvalue weighted by molar-refractivity contribution is -0.276. The van der Waals surface area contributed by atoms with E-state index in [0.717, 1.165) is 0 Å². The Bertz CT molecular complexity index is 656. The molecule has 0 aromatic carbocycles. The summed E-state index contributed by atoms with van der Waals surface area (Å²) in [4.78, 5) is 23.3. The molecule has 1 N–H and O–H groups in total. The molecule has 1 heterocycles. The topological polar surface area (TPSA) is 98.8 Å². The van der Waals surface area contributed by atoms with E-state index in [1.807, 2.05) is 5.32 Å². The van der Waals surface area contributed by atoms with Crippen LogP contribution in [0.15, 0.2) is 12.2 Å². The van der Waals surface area contributed by atoms with Gasteiger partial charge in [0.25, 0.3) is 0 Å². The van der Waals surface area contributed by atoms with Gasteiger partial charge in [-0.05, 0) is 12.3 Å². The minimum atomic E-state index is -5.44. The Hall–Kier alpha value is -1.46. The third-order valence-electron chi connectivity index (χ3n) is 3.81. The number of alkyl halides is 3. The zero-order chi connectivity index (χ0) is 15.6. The second-order valence-electron chi connectivity index (χ2n) is 5.06. The van der Waals surface area contributed by atoms with E-state index in [1.54, 1.807) is 0 Å². The Kier molecular flexibility index (Phi) is 2.79. The highest BCUT2D eigenvalue weighted by Gasteiger charge is 2.66. The summed E-state index contributed by atoms with van der Waals surface area (Å²) in [5.74, 6) is -3.81. The number of carbonyl (C=O) groups excluding carboxylic acids is 2. The molecule has 4 unspecified atom stereocenters. The third kappa shape index (κ3) is 2.24. The molecule has 0 radical (unpaired) electrons. The van der Waals surface area contributed by atoms with E-state index in [9.17, 15) is 31.2 Å². The molecule has 0 spiro atoms. The fourth-order valence-corrected chi connectivity index (χ4v) is 4.14. The molecule has 116 valence electrons. The van der Waals surface area contributed by atoms with Crippen molar-refractivity contribution in [2.24, 2.45) is 17.8 Å². The highest BCUT2D eigenvalue weighted by atomic mass is 32.3. The van der Waals surface area contributed by atoms with Crippen molar-refractivity contribution in [3.8, 4) is 0 Å². The van der Waals surface area contributed by atoms with Crippen molar-refractivity contribution in [3.63, 3.8) is 0 Å². The predicted octanol–water partition coefficient (Wildman–Crippen LogP) is 0.00150. The van der Waals surface area contributed by atoms with Gasteiger partial charge in [-0.25, -0.2) is 4.18 Å². The van der Waals surface area contributed by atoms with Crippen molar-refractivity contribution in [2.75, 3.05) is 0 Å². The van der Waals surface area contributed by atoms with Crippen molar-refractivity contribution >= 4 is 22.2 Å². The monoisotopic (exact) mass is 327 g/mol. The van der Waals surface area contributed by atoms with Crippen LogP contribution in [0.3, 0.4) is 0 Å². The smallest absolute Gasteiger partial charge is 0.296 e. The van der Waals surface area contributed by atoms with Gasteiger partial charge in [0, 0.05) is 0 Å². The average molecular weight is 327 g/mol. The van der Waals surface area contributed by atoms with Crippen LogP contribution in [0.4, 0.5) is 13.2 Å². The number of allylic oxidation sites excluding steroid dienone is 1. The molecule has 4 atom stereocenters. The zero-order valence-electron chi connectivity index (χ0n) is 10.1. The SMILES string of the molecule is O=C1NC(=O)C2C1C1C=CC2(OS(=O)(=O)OC(F)(F)F)C1. The number of imide groups is 1. The maximum atomic E-state index is 12.0. The van der Waals surface area contributed by atoms with Gasteiger partial charge in [-0.3, -0.25) is 14.9 Å². The summed E-state index contributed by atoms with van der Waals surface area (Å²) in [5, 5.41) is 2.02. The standard InChI is InChI=1S/C10H8F3NO6S/c11-10(12,13)20-21(17,18)19-9-2-1-4(3-9)5-6(9)8(16)14-7(5)15/h1-2,4-6H,3H2,(H,14,15,16). The quantitative estimate of drug-likeness (QED) is 0.579. The van der Waals surface area contributed by atoms with Gasteiger partial charge in [0.05, 0.1) is 11.8 Å². The summed E-state index contributed by atoms with van der Waals surface area (Å²) >= 11 is 0. The summed E-state index contributed by atoms with van der Waals surface area (Å²) in [5.41, 5.74) is -1.81. The second kappa shape index (κ2) is 4.05. The summed E-state index contributed by atoms with van der Waals surface area (Å²) in [6, 6.07) is 0. The summed E-state index contributed by atoms with van der Waals surface area (Å²) < 4.78 is 66.3. The predicted molar refractivity (Wildman–Crippen MR) is 57.3 cm³/mol. The zero-order valence-corrected chi connectivity index (χ0v) is 10.9. The molecule has 11 heteroatoms. The molecule has 2 bridgehead atoms. The van der Waals surface area contributed by atoms with E-state index < -0.39 is 51.9 Å². The first-order valence-electron chi connectivity index (χ1n) is 5.80. The van der Waals surface area contributed by atoms with E-state index in [-0.39, 0.29) is 6.42 Å². The molecule has 3 rings (SSSR count). The minimum absolute atomic E-state index is 0.0675. The molecule has 3 aliphatic rings. The van der Waals surface area contributed by atoms with Gasteiger partial charge in [0.15, 0.2) is 0 Å². The van der Waals surface area contributed by atoms with Crippen molar-refractivity contribution in [1.82, 2.24) is 5.32 Å². The number of fused-ring (bicyclic) bond motifs is 5. The lowest BCUT2D eigenvalue weighted by Crippen LogP contribution is -2.43. The first kappa shape index (κ1) is 14.5. The number of rotatable bonds is 3. The normalized spacial score (nSPS) is 38.0.